The zero-order valence-electron chi connectivity index (χ0n) is 10.6. The number of benzene rings is 1. The Labute approximate surface area is 107 Å². The van der Waals surface area contributed by atoms with Gasteiger partial charge in [-0.05, 0) is 47.5 Å². The molecule has 2 aromatic rings. The maximum Gasteiger partial charge on any atom is 0.120 e. The van der Waals surface area contributed by atoms with Crippen LogP contribution in [0, 0.1) is 0 Å². The fourth-order valence-electron chi connectivity index (χ4n) is 1.88. The van der Waals surface area contributed by atoms with E-state index in [1.54, 1.807) is 18.4 Å². The van der Waals surface area contributed by atoms with Gasteiger partial charge in [-0.1, -0.05) is 13.8 Å². The van der Waals surface area contributed by atoms with Crippen molar-refractivity contribution in [1.29, 1.82) is 0 Å². The Kier molecular flexibility index (Phi) is 4.02. The predicted molar refractivity (Wildman–Crippen MR) is 75.2 cm³/mol. The first-order valence-corrected chi connectivity index (χ1v) is 6.86. The summed E-state index contributed by atoms with van der Waals surface area (Å²) in [7, 11) is 1.71. The highest BCUT2D eigenvalue weighted by atomic mass is 32.1. The molecule has 0 aliphatic heterocycles. The summed E-state index contributed by atoms with van der Waals surface area (Å²) in [6.07, 6.45) is 1.09. The summed E-state index contributed by atoms with van der Waals surface area (Å²) < 4.78 is 6.55. The van der Waals surface area contributed by atoms with Gasteiger partial charge < -0.3 is 10.1 Å². The number of hydrogen-bond donors (Lipinski definition) is 1. The van der Waals surface area contributed by atoms with Gasteiger partial charge in [0, 0.05) is 10.7 Å². The van der Waals surface area contributed by atoms with Crippen LogP contribution in [0.15, 0.2) is 23.6 Å². The lowest BCUT2D eigenvalue weighted by Gasteiger charge is -2.07. The normalized spacial score (nSPS) is 11.3. The van der Waals surface area contributed by atoms with Crippen molar-refractivity contribution in [3.8, 4) is 5.75 Å². The van der Waals surface area contributed by atoms with Gasteiger partial charge in [0.25, 0.3) is 0 Å². The molecule has 0 saturated carbocycles. The van der Waals surface area contributed by atoms with E-state index in [0.717, 1.165) is 18.7 Å². The van der Waals surface area contributed by atoms with E-state index >= 15 is 0 Å². The van der Waals surface area contributed by atoms with Crippen molar-refractivity contribution >= 4 is 21.4 Å². The Morgan fingerprint density at radius 2 is 2.18 bits per heavy atom. The molecule has 0 saturated heterocycles. The number of fused-ring (bicyclic) bond motifs is 1. The SMILES string of the molecule is COc1ccc2c(CCNC(C)C)csc2c1. The van der Waals surface area contributed by atoms with E-state index in [1.807, 2.05) is 6.07 Å². The molecule has 0 radical (unpaired) electrons. The van der Waals surface area contributed by atoms with E-state index in [-0.39, 0.29) is 0 Å². The Bertz CT molecular complexity index is 490. The summed E-state index contributed by atoms with van der Waals surface area (Å²) in [5, 5.41) is 7.07. The topological polar surface area (TPSA) is 21.3 Å². The highest BCUT2D eigenvalue weighted by Crippen LogP contribution is 2.29. The number of methoxy groups -OCH3 is 1. The van der Waals surface area contributed by atoms with Crippen LogP contribution in [-0.4, -0.2) is 19.7 Å². The van der Waals surface area contributed by atoms with Crippen molar-refractivity contribution in [3.63, 3.8) is 0 Å². The summed E-state index contributed by atoms with van der Waals surface area (Å²) in [4.78, 5) is 0. The number of nitrogens with one attached hydrogen (secondary N) is 1. The molecule has 92 valence electrons. The van der Waals surface area contributed by atoms with Gasteiger partial charge >= 0.3 is 0 Å². The quantitative estimate of drug-likeness (QED) is 0.876. The van der Waals surface area contributed by atoms with Crippen LogP contribution in [0.3, 0.4) is 0 Å². The van der Waals surface area contributed by atoms with Crippen LogP contribution in [0.25, 0.3) is 10.1 Å². The molecule has 3 heteroatoms. The van der Waals surface area contributed by atoms with E-state index in [4.69, 9.17) is 4.74 Å². The Balaban J connectivity index is 2.13. The van der Waals surface area contributed by atoms with Gasteiger partial charge in [-0.25, -0.2) is 0 Å². The molecule has 0 atom stereocenters. The fourth-order valence-corrected chi connectivity index (χ4v) is 2.90. The third-order valence-electron chi connectivity index (χ3n) is 2.81. The summed E-state index contributed by atoms with van der Waals surface area (Å²) >= 11 is 1.79. The van der Waals surface area contributed by atoms with Gasteiger partial charge in [0.15, 0.2) is 0 Å². The second kappa shape index (κ2) is 5.52. The zero-order valence-corrected chi connectivity index (χ0v) is 11.4. The Hall–Kier alpha value is -1.06. The van der Waals surface area contributed by atoms with Crippen molar-refractivity contribution < 1.29 is 4.74 Å². The summed E-state index contributed by atoms with van der Waals surface area (Å²) in [6.45, 7) is 5.39. The molecule has 1 heterocycles. The number of hydrogen-bond acceptors (Lipinski definition) is 3. The molecular formula is C14H19NOS. The minimum absolute atomic E-state index is 0.556. The van der Waals surface area contributed by atoms with Gasteiger partial charge in [-0.3, -0.25) is 0 Å². The molecule has 0 amide bonds. The zero-order chi connectivity index (χ0) is 12.3. The van der Waals surface area contributed by atoms with Crippen molar-refractivity contribution in [1.82, 2.24) is 5.32 Å². The van der Waals surface area contributed by atoms with Crippen molar-refractivity contribution in [2.24, 2.45) is 0 Å². The Morgan fingerprint density at radius 1 is 1.35 bits per heavy atom. The minimum Gasteiger partial charge on any atom is -0.497 e. The second-order valence-corrected chi connectivity index (χ2v) is 5.39. The van der Waals surface area contributed by atoms with Gasteiger partial charge in [0.1, 0.15) is 5.75 Å². The molecule has 1 aromatic carbocycles. The fraction of sp³-hybridized carbons (Fsp3) is 0.429. The highest BCUT2D eigenvalue weighted by Gasteiger charge is 2.05. The van der Waals surface area contributed by atoms with Crippen LogP contribution in [0.5, 0.6) is 5.75 Å². The smallest absolute Gasteiger partial charge is 0.120 e. The average Bonchev–Trinajstić information content (AvgIpc) is 2.71. The van der Waals surface area contributed by atoms with E-state index in [9.17, 15) is 0 Å². The highest BCUT2D eigenvalue weighted by molar-refractivity contribution is 7.17. The summed E-state index contributed by atoms with van der Waals surface area (Å²) in [6, 6.07) is 6.86. The lowest BCUT2D eigenvalue weighted by molar-refractivity contribution is 0.415. The predicted octanol–water partition coefficient (Wildman–Crippen LogP) is 3.45. The van der Waals surface area contributed by atoms with E-state index in [2.05, 4.69) is 36.7 Å². The molecule has 0 aliphatic carbocycles. The first-order valence-electron chi connectivity index (χ1n) is 5.98. The number of thiophene rings is 1. The molecule has 2 rings (SSSR count). The van der Waals surface area contributed by atoms with Crippen molar-refractivity contribution in [2.45, 2.75) is 26.3 Å². The summed E-state index contributed by atoms with van der Waals surface area (Å²) in [5.74, 6) is 0.936. The van der Waals surface area contributed by atoms with Crippen LogP contribution < -0.4 is 10.1 Å². The van der Waals surface area contributed by atoms with Gasteiger partial charge in [-0.2, -0.15) is 0 Å². The average molecular weight is 249 g/mol. The van der Waals surface area contributed by atoms with Gasteiger partial charge in [0.05, 0.1) is 7.11 Å². The van der Waals surface area contributed by atoms with Crippen molar-refractivity contribution in [3.05, 3.63) is 29.1 Å². The molecule has 0 spiro atoms. The van der Waals surface area contributed by atoms with Crippen LogP contribution in [-0.2, 0) is 6.42 Å². The lowest BCUT2D eigenvalue weighted by atomic mass is 10.1. The van der Waals surface area contributed by atoms with Crippen molar-refractivity contribution in [2.75, 3.05) is 13.7 Å². The molecule has 1 N–H and O–H groups in total. The first kappa shape index (κ1) is 12.4. The minimum atomic E-state index is 0.556. The van der Waals surface area contributed by atoms with Crippen LogP contribution in [0.1, 0.15) is 19.4 Å². The molecule has 2 nitrogen and oxygen atoms in total. The first-order chi connectivity index (χ1) is 8.20. The van der Waals surface area contributed by atoms with Crippen LogP contribution >= 0.6 is 11.3 Å². The molecule has 0 unspecified atom stereocenters. The molecule has 0 bridgehead atoms. The maximum absolute atomic E-state index is 5.24. The monoisotopic (exact) mass is 249 g/mol. The van der Waals surface area contributed by atoms with E-state index in [0.29, 0.717) is 6.04 Å². The lowest BCUT2D eigenvalue weighted by Crippen LogP contribution is -2.24. The molecule has 0 aliphatic rings. The number of rotatable bonds is 5. The summed E-state index contributed by atoms with van der Waals surface area (Å²) in [5.41, 5.74) is 1.43. The number of ether oxygens (including phenoxy) is 1. The third-order valence-corrected chi connectivity index (χ3v) is 3.80. The molecule has 17 heavy (non-hydrogen) atoms. The molecule has 1 aromatic heterocycles. The van der Waals surface area contributed by atoms with E-state index < -0.39 is 0 Å². The van der Waals surface area contributed by atoms with Crippen LogP contribution in [0.2, 0.25) is 0 Å². The third kappa shape index (κ3) is 2.99. The molecular weight excluding hydrogens is 230 g/mol. The van der Waals surface area contributed by atoms with E-state index in [1.165, 1.54) is 15.6 Å². The maximum atomic E-state index is 5.24. The standard InChI is InChI=1S/C14H19NOS/c1-10(2)15-7-6-11-9-17-14-8-12(16-3)4-5-13(11)14/h4-5,8-10,15H,6-7H2,1-3H3. The van der Waals surface area contributed by atoms with Gasteiger partial charge in [0.2, 0.25) is 0 Å². The Morgan fingerprint density at radius 3 is 2.88 bits per heavy atom. The largest absolute Gasteiger partial charge is 0.497 e. The van der Waals surface area contributed by atoms with Gasteiger partial charge in [-0.15, -0.1) is 11.3 Å². The molecule has 0 fully saturated rings. The van der Waals surface area contributed by atoms with Crippen LogP contribution in [0.4, 0.5) is 0 Å². The second-order valence-electron chi connectivity index (χ2n) is 4.48.